The Morgan fingerprint density at radius 1 is 1.07 bits per heavy atom. The van der Waals surface area contributed by atoms with E-state index in [1.807, 2.05) is 56.3 Å². The minimum Gasteiger partial charge on any atom is -0.491 e. The Morgan fingerprint density at radius 2 is 1.70 bits per heavy atom. The largest absolute Gasteiger partial charge is 0.491 e. The molecule has 0 aliphatic heterocycles. The highest BCUT2D eigenvalue weighted by Gasteiger charge is 2.15. The molecule has 0 aliphatic rings. The molecule has 3 aromatic rings. The fraction of sp³-hybridized carbons (Fsp3) is 0.409. The van der Waals surface area contributed by atoms with Gasteiger partial charge in [0.15, 0.2) is 0 Å². The molecule has 30 heavy (non-hydrogen) atoms. The minimum atomic E-state index is -0.804. The molecule has 0 spiro atoms. The molecule has 7 nitrogen and oxygen atoms in total. The second-order valence-electron chi connectivity index (χ2n) is 8.02. The van der Waals surface area contributed by atoms with Gasteiger partial charge in [-0.1, -0.05) is 18.2 Å². The maximum atomic E-state index is 12.0. The molecule has 8 heteroatoms. The van der Waals surface area contributed by atoms with Gasteiger partial charge in [0.2, 0.25) is 0 Å². The SMILES string of the molecule is Cl.Cn1c(=O)n(C)c2cc(C(O)COc3ccc(CNC(C)(C)CO)cc3)ccc21. The van der Waals surface area contributed by atoms with Crippen LogP contribution in [0.4, 0.5) is 0 Å². The number of hydrogen-bond donors (Lipinski definition) is 3. The van der Waals surface area contributed by atoms with E-state index < -0.39 is 6.10 Å². The highest BCUT2D eigenvalue weighted by atomic mass is 35.5. The van der Waals surface area contributed by atoms with Crippen molar-refractivity contribution in [2.45, 2.75) is 32.0 Å². The predicted molar refractivity (Wildman–Crippen MR) is 120 cm³/mol. The first-order valence-corrected chi connectivity index (χ1v) is 9.63. The number of benzene rings is 2. The summed E-state index contributed by atoms with van der Waals surface area (Å²) >= 11 is 0. The van der Waals surface area contributed by atoms with Gasteiger partial charge in [-0.25, -0.2) is 4.79 Å². The number of nitrogens with one attached hydrogen (secondary N) is 1. The van der Waals surface area contributed by atoms with Crippen LogP contribution in [-0.2, 0) is 20.6 Å². The first-order valence-electron chi connectivity index (χ1n) is 9.63. The van der Waals surface area contributed by atoms with Crippen LogP contribution < -0.4 is 15.7 Å². The zero-order valence-corrected chi connectivity index (χ0v) is 18.6. The number of halogens is 1. The molecule has 1 aromatic heterocycles. The van der Waals surface area contributed by atoms with Gasteiger partial charge in [-0.05, 0) is 49.2 Å². The second kappa shape index (κ2) is 9.66. The lowest BCUT2D eigenvalue weighted by Gasteiger charge is -2.23. The fourth-order valence-electron chi connectivity index (χ4n) is 3.10. The van der Waals surface area contributed by atoms with Crippen LogP contribution in [0.3, 0.4) is 0 Å². The van der Waals surface area contributed by atoms with E-state index in [2.05, 4.69) is 5.32 Å². The summed E-state index contributed by atoms with van der Waals surface area (Å²) in [6.07, 6.45) is -0.804. The van der Waals surface area contributed by atoms with Crippen LogP contribution in [0.5, 0.6) is 5.75 Å². The van der Waals surface area contributed by atoms with Gasteiger partial charge in [0, 0.05) is 26.2 Å². The van der Waals surface area contributed by atoms with E-state index >= 15 is 0 Å². The molecule has 3 N–H and O–H groups in total. The summed E-state index contributed by atoms with van der Waals surface area (Å²) < 4.78 is 8.88. The predicted octanol–water partition coefficient (Wildman–Crippen LogP) is 2.27. The molecule has 0 fully saturated rings. The van der Waals surface area contributed by atoms with E-state index in [1.54, 1.807) is 23.2 Å². The zero-order valence-electron chi connectivity index (χ0n) is 17.8. The summed E-state index contributed by atoms with van der Waals surface area (Å²) in [7, 11) is 3.45. The maximum Gasteiger partial charge on any atom is 0.328 e. The second-order valence-corrected chi connectivity index (χ2v) is 8.02. The van der Waals surface area contributed by atoms with Crippen LogP contribution in [0.2, 0.25) is 0 Å². The molecule has 0 aliphatic carbocycles. The summed E-state index contributed by atoms with van der Waals surface area (Å²) in [5.74, 6) is 0.669. The molecule has 0 saturated heterocycles. The lowest BCUT2D eigenvalue weighted by Crippen LogP contribution is -2.42. The van der Waals surface area contributed by atoms with Crippen molar-refractivity contribution in [3.63, 3.8) is 0 Å². The Morgan fingerprint density at radius 3 is 2.33 bits per heavy atom. The topological polar surface area (TPSA) is 88.7 Å². The number of aromatic nitrogens is 2. The molecule has 3 rings (SSSR count). The Kier molecular flexibility index (Phi) is 7.71. The van der Waals surface area contributed by atoms with E-state index in [9.17, 15) is 15.0 Å². The van der Waals surface area contributed by atoms with Crippen molar-refractivity contribution >= 4 is 23.4 Å². The van der Waals surface area contributed by atoms with Gasteiger partial charge in [0.05, 0.1) is 17.6 Å². The quantitative estimate of drug-likeness (QED) is 0.505. The number of rotatable bonds is 8. The van der Waals surface area contributed by atoms with Crippen LogP contribution in [0, 0.1) is 0 Å². The first-order chi connectivity index (χ1) is 13.7. The number of nitrogens with zero attached hydrogens (tertiary/aromatic N) is 2. The van der Waals surface area contributed by atoms with E-state index in [0.29, 0.717) is 17.9 Å². The summed E-state index contributed by atoms with van der Waals surface area (Å²) in [4.78, 5) is 12.0. The smallest absolute Gasteiger partial charge is 0.328 e. The summed E-state index contributed by atoms with van der Waals surface area (Å²) in [6.45, 7) is 4.70. The molecule has 0 amide bonds. The van der Waals surface area contributed by atoms with E-state index in [4.69, 9.17) is 4.74 Å². The fourth-order valence-corrected chi connectivity index (χ4v) is 3.10. The summed E-state index contributed by atoms with van der Waals surface area (Å²) in [6, 6.07) is 13.1. The molecular formula is C22H30ClN3O4. The molecular weight excluding hydrogens is 406 g/mol. The number of fused-ring (bicyclic) bond motifs is 1. The van der Waals surface area contributed by atoms with Gasteiger partial charge in [-0.3, -0.25) is 9.13 Å². The van der Waals surface area contributed by atoms with Crippen LogP contribution in [0.1, 0.15) is 31.1 Å². The Hall–Kier alpha value is -2.32. The molecule has 2 aromatic carbocycles. The van der Waals surface area contributed by atoms with Crippen LogP contribution >= 0.6 is 12.4 Å². The van der Waals surface area contributed by atoms with E-state index in [-0.39, 0.29) is 36.8 Å². The van der Waals surface area contributed by atoms with Crippen LogP contribution in [-0.4, -0.2) is 38.1 Å². The summed E-state index contributed by atoms with van der Waals surface area (Å²) in [5.41, 5.74) is 2.95. The van der Waals surface area contributed by atoms with Gasteiger partial charge in [0.25, 0.3) is 0 Å². The highest BCUT2D eigenvalue weighted by Crippen LogP contribution is 2.21. The van der Waals surface area contributed by atoms with Crippen molar-refractivity contribution in [1.29, 1.82) is 0 Å². The van der Waals surface area contributed by atoms with Crippen LogP contribution in [0.15, 0.2) is 47.3 Å². The van der Waals surface area contributed by atoms with Gasteiger partial charge in [0.1, 0.15) is 18.5 Å². The molecule has 0 saturated carbocycles. The third-order valence-corrected chi connectivity index (χ3v) is 5.18. The number of aliphatic hydroxyl groups is 2. The highest BCUT2D eigenvalue weighted by molar-refractivity contribution is 5.85. The Labute approximate surface area is 182 Å². The van der Waals surface area contributed by atoms with Crippen molar-refractivity contribution in [1.82, 2.24) is 14.5 Å². The average Bonchev–Trinajstić information content (AvgIpc) is 2.95. The zero-order chi connectivity index (χ0) is 21.2. The lowest BCUT2D eigenvalue weighted by molar-refractivity contribution is 0.108. The van der Waals surface area contributed by atoms with Gasteiger partial charge >= 0.3 is 5.69 Å². The summed E-state index contributed by atoms with van der Waals surface area (Å²) in [5, 5.41) is 23.1. The standard InChI is InChI=1S/C22H29N3O4.ClH/c1-22(2,14-26)23-12-15-5-8-17(9-6-15)29-13-20(27)16-7-10-18-19(11-16)25(4)21(28)24(18)3;/h5-11,20,23,26-27H,12-14H2,1-4H3;1H. The van der Waals surface area contributed by atoms with Gasteiger partial charge in [-0.2, -0.15) is 0 Å². The molecule has 164 valence electrons. The van der Waals surface area contributed by atoms with E-state index in [0.717, 1.165) is 16.6 Å². The maximum absolute atomic E-state index is 12.0. The van der Waals surface area contributed by atoms with Gasteiger partial charge < -0.3 is 20.3 Å². The molecule has 0 bridgehead atoms. The molecule has 1 heterocycles. The monoisotopic (exact) mass is 435 g/mol. The minimum absolute atomic E-state index is 0. The number of aliphatic hydroxyl groups excluding tert-OH is 2. The molecule has 1 atom stereocenters. The molecule has 1 unspecified atom stereocenters. The third-order valence-electron chi connectivity index (χ3n) is 5.18. The van der Waals surface area contributed by atoms with Crippen LogP contribution in [0.25, 0.3) is 11.0 Å². The van der Waals surface area contributed by atoms with Gasteiger partial charge in [-0.15, -0.1) is 12.4 Å². The van der Waals surface area contributed by atoms with Crippen molar-refractivity contribution < 1.29 is 14.9 Å². The number of ether oxygens (including phenoxy) is 1. The van der Waals surface area contributed by atoms with Crippen molar-refractivity contribution in [3.8, 4) is 5.75 Å². The van der Waals surface area contributed by atoms with E-state index in [1.165, 1.54) is 0 Å². The van der Waals surface area contributed by atoms with Crippen molar-refractivity contribution in [2.24, 2.45) is 14.1 Å². The number of hydrogen-bond acceptors (Lipinski definition) is 5. The Bertz CT molecular complexity index is 1040. The lowest BCUT2D eigenvalue weighted by atomic mass is 10.1. The van der Waals surface area contributed by atoms with Crippen molar-refractivity contribution in [3.05, 3.63) is 64.1 Å². The third kappa shape index (κ3) is 5.23. The first kappa shape index (κ1) is 24.0. The molecule has 0 radical (unpaired) electrons. The normalized spacial score (nSPS) is 12.6. The number of imidazole rings is 1. The Balaban J connectivity index is 0.00000320. The number of aryl methyl sites for hydroxylation is 2. The average molecular weight is 436 g/mol. The van der Waals surface area contributed by atoms with Crippen molar-refractivity contribution in [2.75, 3.05) is 13.2 Å².